The highest BCUT2D eigenvalue weighted by Gasteiger charge is 2.29. The Morgan fingerprint density at radius 2 is 2.00 bits per heavy atom. The number of nitrogens with zero attached hydrogens (tertiary/aromatic N) is 2. The second kappa shape index (κ2) is 3.80. The molecular weight excluding hydrogens is 219 g/mol. The van der Waals surface area contributed by atoms with Gasteiger partial charge in [0.25, 0.3) is 0 Å². The summed E-state index contributed by atoms with van der Waals surface area (Å²) in [6.45, 7) is 0. The van der Waals surface area contributed by atoms with Crippen molar-refractivity contribution in [1.29, 1.82) is 0 Å². The number of hydrogen-bond acceptors (Lipinski definition) is 2. The third-order valence-electron chi connectivity index (χ3n) is 2.95. The summed E-state index contributed by atoms with van der Waals surface area (Å²) in [6, 6.07) is 6.06. The van der Waals surface area contributed by atoms with Crippen LogP contribution in [0.1, 0.15) is 34.8 Å². The van der Waals surface area contributed by atoms with Crippen molar-refractivity contribution in [1.82, 2.24) is 9.78 Å². The van der Waals surface area contributed by atoms with Crippen LogP contribution in [0.5, 0.6) is 0 Å². The molecule has 0 radical (unpaired) electrons. The lowest BCUT2D eigenvalue weighted by Crippen LogP contribution is -1.95. The molecule has 0 bridgehead atoms. The third-order valence-corrected chi connectivity index (χ3v) is 2.95. The van der Waals surface area contributed by atoms with E-state index < -0.39 is 0 Å². The molecule has 0 unspecified atom stereocenters. The van der Waals surface area contributed by atoms with Crippen molar-refractivity contribution in [2.75, 3.05) is 0 Å². The molecule has 1 saturated carbocycles. The maximum absolute atomic E-state index is 12.8. The van der Waals surface area contributed by atoms with Gasteiger partial charge in [0, 0.05) is 12.1 Å². The van der Waals surface area contributed by atoms with Crippen LogP contribution < -0.4 is 0 Å². The first-order valence-corrected chi connectivity index (χ1v) is 5.58. The van der Waals surface area contributed by atoms with E-state index in [-0.39, 0.29) is 5.82 Å². The van der Waals surface area contributed by atoms with E-state index in [9.17, 15) is 9.18 Å². The molecule has 86 valence electrons. The van der Waals surface area contributed by atoms with Gasteiger partial charge >= 0.3 is 0 Å². The molecule has 0 saturated heterocycles. The molecule has 1 aliphatic carbocycles. The molecule has 3 nitrogen and oxygen atoms in total. The SMILES string of the molecule is O=Cc1cn(-c2ccc(F)cc2)nc1C1CC1. The maximum atomic E-state index is 12.8. The number of rotatable bonds is 3. The zero-order valence-corrected chi connectivity index (χ0v) is 9.14. The van der Waals surface area contributed by atoms with Crippen molar-refractivity contribution in [2.45, 2.75) is 18.8 Å². The van der Waals surface area contributed by atoms with E-state index in [0.717, 1.165) is 30.5 Å². The topological polar surface area (TPSA) is 34.9 Å². The number of benzene rings is 1. The molecule has 1 aromatic carbocycles. The van der Waals surface area contributed by atoms with Crippen molar-refractivity contribution < 1.29 is 9.18 Å². The highest BCUT2D eigenvalue weighted by molar-refractivity contribution is 5.76. The van der Waals surface area contributed by atoms with Crippen molar-refractivity contribution in [2.24, 2.45) is 0 Å². The number of halogens is 1. The van der Waals surface area contributed by atoms with Crippen LogP contribution in [-0.2, 0) is 0 Å². The van der Waals surface area contributed by atoms with Gasteiger partial charge < -0.3 is 0 Å². The first kappa shape index (κ1) is 10.2. The number of hydrogen-bond donors (Lipinski definition) is 0. The lowest BCUT2D eigenvalue weighted by atomic mass is 10.2. The molecule has 0 spiro atoms. The van der Waals surface area contributed by atoms with Crippen molar-refractivity contribution in [3.8, 4) is 5.69 Å². The standard InChI is InChI=1S/C13H11FN2O/c14-11-3-5-12(6-4-11)16-7-10(8-17)13(15-16)9-1-2-9/h3-9H,1-2H2. The summed E-state index contributed by atoms with van der Waals surface area (Å²) in [5.74, 6) is 0.149. The first-order valence-electron chi connectivity index (χ1n) is 5.58. The van der Waals surface area contributed by atoms with E-state index in [0.29, 0.717) is 11.5 Å². The van der Waals surface area contributed by atoms with Gasteiger partial charge in [-0.05, 0) is 37.1 Å². The van der Waals surface area contributed by atoms with Crippen LogP contribution in [0.3, 0.4) is 0 Å². The lowest BCUT2D eigenvalue weighted by molar-refractivity contribution is 0.112. The monoisotopic (exact) mass is 230 g/mol. The van der Waals surface area contributed by atoms with E-state index in [2.05, 4.69) is 5.10 Å². The molecule has 0 amide bonds. The van der Waals surface area contributed by atoms with Crippen molar-refractivity contribution in [3.05, 3.63) is 47.5 Å². The van der Waals surface area contributed by atoms with Crippen LogP contribution in [-0.4, -0.2) is 16.1 Å². The van der Waals surface area contributed by atoms with E-state index in [1.54, 1.807) is 23.0 Å². The van der Waals surface area contributed by atoms with E-state index in [1.165, 1.54) is 12.1 Å². The van der Waals surface area contributed by atoms with Crippen molar-refractivity contribution >= 4 is 6.29 Å². The number of carbonyl (C=O) groups excluding carboxylic acids is 1. The summed E-state index contributed by atoms with van der Waals surface area (Å²) in [4.78, 5) is 10.9. The van der Waals surface area contributed by atoms with Gasteiger partial charge in [0.05, 0.1) is 16.9 Å². The van der Waals surface area contributed by atoms with Gasteiger partial charge in [-0.1, -0.05) is 0 Å². The van der Waals surface area contributed by atoms with Gasteiger partial charge in [-0.15, -0.1) is 0 Å². The minimum absolute atomic E-state index is 0.279. The van der Waals surface area contributed by atoms with Crippen LogP contribution in [0.4, 0.5) is 4.39 Å². The molecule has 0 N–H and O–H groups in total. The van der Waals surface area contributed by atoms with E-state index in [4.69, 9.17) is 0 Å². The van der Waals surface area contributed by atoms with Crippen LogP contribution in [0, 0.1) is 5.82 Å². The van der Waals surface area contributed by atoms with Crippen LogP contribution >= 0.6 is 0 Å². The Morgan fingerprint density at radius 1 is 1.29 bits per heavy atom. The molecule has 1 fully saturated rings. The molecule has 1 heterocycles. The van der Waals surface area contributed by atoms with E-state index in [1.807, 2.05) is 0 Å². The fourth-order valence-electron chi connectivity index (χ4n) is 1.89. The normalized spacial score (nSPS) is 14.9. The summed E-state index contributed by atoms with van der Waals surface area (Å²) in [5.41, 5.74) is 2.27. The van der Waals surface area contributed by atoms with E-state index >= 15 is 0 Å². The highest BCUT2D eigenvalue weighted by Crippen LogP contribution is 2.40. The lowest BCUT2D eigenvalue weighted by Gasteiger charge is -1.99. The minimum Gasteiger partial charge on any atom is -0.298 e. The Hall–Kier alpha value is -1.97. The smallest absolute Gasteiger partial charge is 0.153 e. The Labute approximate surface area is 97.9 Å². The largest absolute Gasteiger partial charge is 0.298 e. The Balaban J connectivity index is 2.02. The number of aldehydes is 1. The molecule has 0 atom stereocenters. The summed E-state index contributed by atoms with van der Waals surface area (Å²) >= 11 is 0. The second-order valence-corrected chi connectivity index (χ2v) is 4.28. The zero-order chi connectivity index (χ0) is 11.8. The quantitative estimate of drug-likeness (QED) is 0.760. The average Bonchev–Trinajstić information content (AvgIpc) is 3.10. The molecule has 1 aromatic heterocycles. The molecule has 2 aromatic rings. The minimum atomic E-state index is -0.279. The zero-order valence-electron chi connectivity index (χ0n) is 9.14. The molecule has 4 heteroatoms. The average molecular weight is 230 g/mol. The first-order chi connectivity index (χ1) is 8.28. The Bertz CT molecular complexity index is 555. The van der Waals surface area contributed by atoms with Gasteiger partial charge in [-0.3, -0.25) is 4.79 Å². The highest BCUT2D eigenvalue weighted by atomic mass is 19.1. The molecule has 3 rings (SSSR count). The summed E-state index contributed by atoms with van der Waals surface area (Å²) in [6.07, 6.45) is 4.73. The molecule has 1 aliphatic rings. The van der Waals surface area contributed by atoms with Gasteiger partial charge in [0.15, 0.2) is 6.29 Å². The van der Waals surface area contributed by atoms with Crippen LogP contribution in [0.25, 0.3) is 5.69 Å². The summed E-state index contributed by atoms with van der Waals surface area (Å²) < 4.78 is 14.4. The summed E-state index contributed by atoms with van der Waals surface area (Å²) in [5, 5.41) is 4.41. The third kappa shape index (κ3) is 1.86. The maximum Gasteiger partial charge on any atom is 0.153 e. The molecule has 0 aliphatic heterocycles. The number of carbonyl (C=O) groups is 1. The van der Waals surface area contributed by atoms with Crippen LogP contribution in [0.2, 0.25) is 0 Å². The Morgan fingerprint density at radius 3 is 2.59 bits per heavy atom. The fraction of sp³-hybridized carbons (Fsp3) is 0.231. The summed E-state index contributed by atoms with van der Waals surface area (Å²) in [7, 11) is 0. The van der Waals surface area contributed by atoms with Gasteiger partial charge in [-0.25, -0.2) is 9.07 Å². The fourth-order valence-corrected chi connectivity index (χ4v) is 1.89. The van der Waals surface area contributed by atoms with Crippen LogP contribution in [0.15, 0.2) is 30.5 Å². The van der Waals surface area contributed by atoms with Gasteiger partial charge in [0.2, 0.25) is 0 Å². The Kier molecular flexibility index (Phi) is 2.28. The molecule has 17 heavy (non-hydrogen) atoms. The second-order valence-electron chi connectivity index (χ2n) is 4.28. The molecular formula is C13H11FN2O. The van der Waals surface area contributed by atoms with Crippen molar-refractivity contribution in [3.63, 3.8) is 0 Å². The predicted octanol–water partition coefficient (Wildman–Crippen LogP) is 2.70. The van der Waals surface area contributed by atoms with Gasteiger partial charge in [-0.2, -0.15) is 5.10 Å². The number of aromatic nitrogens is 2. The predicted molar refractivity (Wildman–Crippen MR) is 60.9 cm³/mol. The van der Waals surface area contributed by atoms with Gasteiger partial charge in [0.1, 0.15) is 5.82 Å².